The maximum atomic E-state index is 11.9. The van der Waals surface area contributed by atoms with Crippen molar-refractivity contribution in [2.75, 3.05) is 7.11 Å². The second kappa shape index (κ2) is 6.72. The average Bonchev–Trinajstić information content (AvgIpc) is 3.07. The number of hydrogen-bond donors (Lipinski definition) is 0. The zero-order chi connectivity index (χ0) is 18.1. The number of imidazole rings is 1. The first kappa shape index (κ1) is 16.5. The number of fused-ring (bicyclic) bond motifs is 1. The molecule has 0 fully saturated rings. The van der Waals surface area contributed by atoms with Gasteiger partial charge in [-0.3, -0.25) is 9.38 Å². The van der Waals surface area contributed by atoms with Gasteiger partial charge in [0, 0.05) is 22.4 Å². The summed E-state index contributed by atoms with van der Waals surface area (Å²) in [4.78, 5) is 21.1. The van der Waals surface area contributed by atoms with Crippen LogP contribution in [0.3, 0.4) is 0 Å². The molecule has 3 heterocycles. The lowest BCUT2D eigenvalue weighted by atomic mass is 10.1. The minimum absolute atomic E-state index is 0.391. The van der Waals surface area contributed by atoms with Crippen molar-refractivity contribution in [3.8, 4) is 22.6 Å². The number of esters is 1. The van der Waals surface area contributed by atoms with E-state index in [0.717, 1.165) is 27.1 Å². The second-order valence-electron chi connectivity index (χ2n) is 5.64. The molecule has 3 aromatic heterocycles. The van der Waals surface area contributed by atoms with Gasteiger partial charge in [-0.1, -0.05) is 40.2 Å². The van der Waals surface area contributed by atoms with E-state index in [4.69, 9.17) is 9.72 Å². The summed E-state index contributed by atoms with van der Waals surface area (Å²) in [6.07, 6.45) is 3.57. The lowest BCUT2D eigenvalue weighted by Gasteiger charge is -2.08. The van der Waals surface area contributed by atoms with Crippen LogP contribution in [0.1, 0.15) is 10.4 Å². The summed E-state index contributed by atoms with van der Waals surface area (Å²) in [5, 5.41) is 0. The van der Waals surface area contributed by atoms with Gasteiger partial charge in [-0.05, 0) is 30.3 Å². The van der Waals surface area contributed by atoms with E-state index < -0.39 is 5.97 Å². The Balaban J connectivity index is 2.04. The number of aromatic nitrogens is 3. The highest BCUT2D eigenvalue weighted by molar-refractivity contribution is 9.10. The van der Waals surface area contributed by atoms with Crippen molar-refractivity contribution in [3.05, 3.63) is 77.0 Å². The van der Waals surface area contributed by atoms with Crippen LogP contribution in [0.4, 0.5) is 0 Å². The first-order valence-electron chi connectivity index (χ1n) is 7.96. The number of hydrogen-bond acceptors (Lipinski definition) is 4. The molecule has 0 aliphatic rings. The summed E-state index contributed by atoms with van der Waals surface area (Å²) >= 11 is 3.62. The smallest absolute Gasteiger partial charge is 0.338 e. The quantitative estimate of drug-likeness (QED) is 0.465. The number of rotatable bonds is 3. The van der Waals surface area contributed by atoms with Crippen molar-refractivity contribution in [3.63, 3.8) is 0 Å². The molecule has 0 aliphatic carbocycles. The van der Waals surface area contributed by atoms with Crippen molar-refractivity contribution in [1.29, 1.82) is 0 Å². The third kappa shape index (κ3) is 2.78. The van der Waals surface area contributed by atoms with E-state index in [0.29, 0.717) is 11.2 Å². The molecule has 0 N–H and O–H groups in total. The summed E-state index contributed by atoms with van der Waals surface area (Å²) in [7, 11) is 1.37. The molecule has 0 spiro atoms. The highest BCUT2D eigenvalue weighted by Crippen LogP contribution is 2.35. The van der Waals surface area contributed by atoms with E-state index in [-0.39, 0.29) is 0 Å². The second-order valence-corrected chi connectivity index (χ2v) is 6.49. The van der Waals surface area contributed by atoms with Gasteiger partial charge in [-0.15, -0.1) is 0 Å². The van der Waals surface area contributed by atoms with Gasteiger partial charge < -0.3 is 4.74 Å². The number of carbonyl (C=O) groups is 1. The zero-order valence-electron chi connectivity index (χ0n) is 13.9. The van der Waals surface area contributed by atoms with Gasteiger partial charge in [0.25, 0.3) is 0 Å². The molecule has 4 rings (SSSR count). The van der Waals surface area contributed by atoms with Gasteiger partial charge in [0.15, 0.2) is 0 Å². The lowest BCUT2D eigenvalue weighted by Crippen LogP contribution is -2.02. The topological polar surface area (TPSA) is 56.5 Å². The minimum Gasteiger partial charge on any atom is -0.465 e. The average molecular weight is 408 g/mol. The molecule has 0 unspecified atom stereocenters. The van der Waals surface area contributed by atoms with Gasteiger partial charge in [0.1, 0.15) is 11.3 Å². The van der Waals surface area contributed by atoms with E-state index >= 15 is 0 Å². The van der Waals surface area contributed by atoms with Crippen LogP contribution in [0, 0.1) is 0 Å². The Morgan fingerprint density at radius 2 is 1.92 bits per heavy atom. The number of methoxy groups -OCH3 is 1. The molecule has 1 aromatic carbocycles. The maximum absolute atomic E-state index is 11.9. The molecule has 0 amide bonds. The number of benzene rings is 1. The molecule has 4 aromatic rings. The van der Waals surface area contributed by atoms with Crippen LogP contribution in [-0.2, 0) is 4.74 Å². The molecule has 0 saturated carbocycles. The number of halogens is 1. The SMILES string of the molecule is COC(=O)c1ccn2c(-c3ccccc3Br)c(-c3ccccn3)nc2c1. The van der Waals surface area contributed by atoms with Gasteiger partial charge in [-0.25, -0.2) is 9.78 Å². The van der Waals surface area contributed by atoms with E-state index in [2.05, 4.69) is 20.9 Å². The zero-order valence-corrected chi connectivity index (χ0v) is 15.5. The Labute approximate surface area is 158 Å². The Morgan fingerprint density at radius 1 is 1.12 bits per heavy atom. The minimum atomic E-state index is -0.391. The third-order valence-electron chi connectivity index (χ3n) is 4.08. The van der Waals surface area contributed by atoms with Crippen LogP contribution in [0.25, 0.3) is 28.3 Å². The van der Waals surface area contributed by atoms with Crippen LogP contribution < -0.4 is 0 Å². The molecule has 0 atom stereocenters. The molecule has 5 nitrogen and oxygen atoms in total. The third-order valence-corrected chi connectivity index (χ3v) is 4.78. The number of ether oxygens (including phenoxy) is 1. The van der Waals surface area contributed by atoms with Gasteiger partial charge >= 0.3 is 5.97 Å². The summed E-state index contributed by atoms with van der Waals surface area (Å²) in [5.74, 6) is -0.391. The first-order valence-corrected chi connectivity index (χ1v) is 8.75. The summed E-state index contributed by atoms with van der Waals surface area (Å²) < 4.78 is 7.72. The normalized spacial score (nSPS) is 10.8. The number of carbonyl (C=O) groups excluding carboxylic acids is 1. The fourth-order valence-corrected chi connectivity index (χ4v) is 3.35. The summed E-state index contributed by atoms with van der Waals surface area (Å²) in [6, 6.07) is 17.1. The molecule has 0 aliphatic heterocycles. The predicted octanol–water partition coefficient (Wildman–Crippen LogP) is 4.61. The van der Waals surface area contributed by atoms with Crippen molar-refractivity contribution < 1.29 is 9.53 Å². The lowest BCUT2D eigenvalue weighted by molar-refractivity contribution is 0.0600. The molecule has 0 saturated heterocycles. The van der Waals surface area contributed by atoms with E-state index in [1.165, 1.54) is 7.11 Å². The highest BCUT2D eigenvalue weighted by Gasteiger charge is 2.19. The standard InChI is InChI=1S/C20H14BrN3O2/c1-26-20(25)13-9-11-24-17(12-13)23-18(16-8-4-5-10-22-16)19(24)14-6-2-3-7-15(14)21/h2-12H,1H3. The van der Waals surface area contributed by atoms with Crippen LogP contribution in [0.2, 0.25) is 0 Å². The summed E-state index contributed by atoms with van der Waals surface area (Å²) in [5.41, 5.74) is 4.52. The maximum Gasteiger partial charge on any atom is 0.338 e. The molecule has 128 valence electrons. The monoisotopic (exact) mass is 407 g/mol. The Bertz CT molecular complexity index is 1110. The van der Waals surface area contributed by atoms with Crippen LogP contribution >= 0.6 is 15.9 Å². The summed E-state index contributed by atoms with van der Waals surface area (Å²) in [6.45, 7) is 0. The molecule has 26 heavy (non-hydrogen) atoms. The van der Waals surface area contributed by atoms with Crippen molar-refractivity contribution in [2.45, 2.75) is 0 Å². The molecular weight excluding hydrogens is 394 g/mol. The number of nitrogens with zero attached hydrogens (tertiary/aromatic N) is 3. The first-order chi connectivity index (χ1) is 12.7. The van der Waals surface area contributed by atoms with Crippen LogP contribution in [0.15, 0.2) is 71.5 Å². The fourth-order valence-electron chi connectivity index (χ4n) is 2.88. The van der Waals surface area contributed by atoms with Gasteiger partial charge in [0.05, 0.1) is 24.1 Å². The highest BCUT2D eigenvalue weighted by atomic mass is 79.9. The predicted molar refractivity (Wildman–Crippen MR) is 103 cm³/mol. The van der Waals surface area contributed by atoms with E-state index in [1.54, 1.807) is 18.3 Å². The van der Waals surface area contributed by atoms with Crippen LogP contribution in [0.5, 0.6) is 0 Å². The molecule has 6 heteroatoms. The van der Waals surface area contributed by atoms with E-state index in [9.17, 15) is 4.79 Å². The Kier molecular flexibility index (Phi) is 4.26. The van der Waals surface area contributed by atoms with Gasteiger partial charge in [-0.2, -0.15) is 0 Å². The van der Waals surface area contributed by atoms with Gasteiger partial charge in [0.2, 0.25) is 0 Å². The fraction of sp³-hybridized carbons (Fsp3) is 0.0500. The van der Waals surface area contributed by atoms with Crippen molar-refractivity contribution >= 4 is 27.5 Å². The van der Waals surface area contributed by atoms with Crippen molar-refractivity contribution in [2.24, 2.45) is 0 Å². The van der Waals surface area contributed by atoms with Crippen molar-refractivity contribution in [1.82, 2.24) is 14.4 Å². The molecular formula is C20H14BrN3O2. The largest absolute Gasteiger partial charge is 0.465 e. The number of pyridine rings is 2. The van der Waals surface area contributed by atoms with Crippen LogP contribution in [-0.4, -0.2) is 27.4 Å². The van der Waals surface area contributed by atoms with E-state index in [1.807, 2.05) is 53.1 Å². The Morgan fingerprint density at radius 3 is 2.65 bits per heavy atom. The molecule has 0 bridgehead atoms. The Hall–Kier alpha value is -2.99. The molecule has 0 radical (unpaired) electrons.